The van der Waals surface area contributed by atoms with Crippen LogP contribution in [0.25, 0.3) is 11.0 Å². The average molecular weight is 411 g/mol. The van der Waals surface area contributed by atoms with Crippen LogP contribution in [0.4, 0.5) is 11.4 Å². The average Bonchev–Trinajstić information content (AvgIpc) is 2.96. The molecule has 1 aromatic carbocycles. The summed E-state index contributed by atoms with van der Waals surface area (Å²) < 4.78 is 6.42. The van der Waals surface area contributed by atoms with Crippen LogP contribution in [-0.4, -0.2) is 40.3 Å². The molecule has 9 heteroatoms. The summed E-state index contributed by atoms with van der Waals surface area (Å²) in [6.45, 7) is 3.75. The molecule has 0 unspecified atom stereocenters. The fourth-order valence-electron chi connectivity index (χ4n) is 3.48. The third-order valence-electron chi connectivity index (χ3n) is 4.89. The number of aromatic nitrogens is 3. The number of amides is 2. The molecule has 30 heavy (non-hydrogen) atoms. The van der Waals surface area contributed by atoms with Gasteiger partial charge in [-0.2, -0.15) is 5.10 Å². The topological polar surface area (TPSA) is 118 Å². The number of aryl methyl sites for hydroxylation is 3. The number of hydrogen-bond acceptors (Lipinski definition) is 5. The Kier molecular flexibility index (Phi) is 6.31. The van der Waals surface area contributed by atoms with E-state index in [-0.39, 0.29) is 30.4 Å². The first kappa shape index (κ1) is 21.3. The van der Waals surface area contributed by atoms with E-state index in [0.29, 0.717) is 29.0 Å². The smallest absolute Gasteiger partial charge is 0.253 e. The number of ether oxygens (including phenoxy) is 1. The van der Waals surface area contributed by atoms with Crippen LogP contribution in [0.1, 0.15) is 23.2 Å². The minimum Gasteiger partial charge on any atom is -0.375 e. The number of pyridine rings is 1. The van der Waals surface area contributed by atoms with Crippen molar-refractivity contribution in [3.63, 3.8) is 0 Å². The van der Waals surface area contributed by atoms with Gasteiger partial charge in [-0.25, -0.2) is 0 Å². The molecule has 3 N–H and O–H groups in total. The van der Waals surface area contributed by atoms with Crippen molar-refractivity contribution in [1.82, 2.24) is 14.8 Å². The Labute approximate surface area is 173 Å². The molecule has 3 aromatic rings. The molecule has 0 atom stereocenters. The van der Waals surface area contributed by atoms with Crippen LogP contribution < -0.4 is 16.2 Å². The Morgan fingerprint density at radius 2 is 1.70 bits per heavy atom. The molecule has 0 spiro atoms. The number of carbonyl (C=O) groups is 2. The highest BCUT2D eigenvalue weighted by molar-refractivity contribution is 5.93. The first-order valence-corrected chi connectivity index (χ1v) is 9.54. The van der Waals surface area contributed by atoms with E-state index in [9.17, 15) is 14.4 Å². The highest BCUT2D eigenvalue weighted by atomic mass is 16.5. The van der Waals surface area contributed by atoms with Gasteiger partial charge in [-0.3, -0.25) is 19.1 Å². The second-order valence-corrected chi connectivity index (χ2v) is 7.10. The summed E-state index contributed by atoms with van der Waals surface area (Å²) >= 11 is 0. The van der Waals surface area contributed by atoms with Crippen LogP contribution in [0.2, 0.25) is 0 Å². The Morgan fingerprint density at radius 1 is 1.10 bits per heavy atom. The summed E-state index contributed by atoms with van der Waals surface area (Å²) in [6.07, 6.45) is 0.490. The Bertz CT molecular complexity index is 1140. The lowest BCUT2D eigenvalue weighted by Gasteiger charge is -2.09. The molecule has 0 saturated carbocycles. The summed E-state index contributed by atoms with van der Waals surface area (Å²) in [4.78, 5) is 39.2. The molecule has 0 aliphatic rings. The van der Waals surface area contributed by atoms with Crippen molar-refractivity contribution in [2.75, 3.05) is 24.4 Å². The van der Waals surface area contributed by atoms with Gasteiger partial charge in [0.25, 0.3) is 5.56 Å². The molecule has 2 amide bonds. The summed E-state index contributed by atoms with van der Waals surface area (Å²) in [6, 6.07) is 6.78. The molecule has 2 aromatic heterocycles. The Balaban J connectivity index is 1.64. The number of carbonyl (C=O) groups excluding carboxylic acids is 2. The van der Waals surface area contributed by atoms with E-state index in [4.69, 9.17) is 4.74 Å². The van der Waals surface area contributed by atoms with Gasteiger partial charge < -0.3 is 20.4 Å². The SMILES string of the molecule is COCC(=O)Nc1ccc(NC(=O)CCc2c(C)c3c(C)nn(C)c3[nH]c2=O)cc1. The second-order valence-electron chi connectivity index (χ2n) is 7.10. The largest absolute Gasteiger partial charge is 0.375 e. The predicted octanol–water partition coefficient (Wildman–Crippen LogP) is 2.03. The molecule has 9 nitrogen and oxygen atoms in total. The van der Waals surface area contributed by atoms with Gasteiger partial charge in [-0.05, 0) is 50.1 Å². The zero-order valence-electron chi connectivity index (χ0n) is 17.5. The standard InChI is InChI=1S/C21H25N5O4/c1-12-16(21(29)24-20-19(12)13(2)25-26(20)3)9-10-17(27)22-14-5-7-15(8-6-14)23-18(28)11-30-4/h5-8H,9-11H2,1-4H3,(H,22,27)(H,23,28)(H,24,29). The van der Waals surface area contributed by atoms with Crippen LogP contribution in [-0.2, 0) is 27.8 Å². The molecule has 0 radical (unpaired) electrons. The third-order valence-corrected chi connectivity index (χ3v) is 4.89. The van der Waals surface area contributed by atoms with Gasteiger partial charge in [0.05, 0.1) is 5.69 Å². The van der Waals surface area contributed by atoms with Gasteiger partial charge in [0, 0.05) is 42.9 Å². The van der Waals surface area contributed by atoms with Crippen molar-refractivity contribution in [2.24, 2.45) is 7.05 Å². The van der Waals surface area contributed by atoms with Gasteiger partial charge in [0.15, 0.2) is 0 Å². The summed E-state index contributed by atoms with van der Waals surface area (Å²) in [5, 5.41) is 10.8. The number of H-pyrrole nitrogens is 1. The van der Waals surface area contributed by atoms with E-state index in [2.05, 4.69) is 20.7 Å². The number of methoxy groups -OCH3 is 1. The lowest BCUT2D eigenvalue weighted by atomic mass is 10.0. The van der Waals surface area contributed by atoms with Crippen molar-refractivity contribution in [3.8, 4) is 0 Å². The molecule has 2 heterocycles. The van der Waals surface area contributed by atoms with Crippen LogP contribution in [0.15, 0.2) is 29.1 Å². The van der Waals surface area contributed by atoms with E-state index < -0.39 is 0 Å². The normalized spacial score (nSPS) is 10.9. The van der Waals surface area contributed by atoms with Gasteiger partial charge >= 0.3 is 0 Å². The number of fused-ring (bicyclic) bond motifs is 1. The molecule has 0 aliphatic carbocycles. The van der Waals surface area contributed by atoms with Crippen molar-refractivity contribution in [2.45, 2.75) is 26.7 Å². The van der Waals surface area contributed by atoms with Crippen molar-refractivity contribution >= 4 is 34.2 Å². The number of nitrogens with zero attached hydrogens (tertiary/aromatic N) is 2. The maximum atomic E-state index is 12.5. The molecule has 0 aliphatic heterocycles. The molecule has 0 saturated heterocycles. The van der Waals surface area contributed by atoms with Crippen LogP contribution in [0.5, 0.6) is 0 Å². The zero-order valence-corrected chi connectivity index (χ0v) is 17.5. The zero-order chi connectivity index (χ0) is 21.8. The van der Waals surface area contributed by atoms with E-state index in [1.165, 1.54) is 7.11 Å². The highest BCUT2D eigenvalue weighted by Crippen LogP contribution is 2.21. The second kappa shape index (κ2) is 8.91. The molecule has 0 fully saturated rings. The maximum Gasteiger partial charge on any atom is 0.253 e. The van der Waals surface area contributed by atoms with Crippen LogP contribution >= 0.6 is 0 Å². The summed E-state index contributed by atoms with van der Waals surface area (Å²) in [5.74, 6) is -0.455. The first-order chi connectivity index (χ1) is 14.3. The molecular weight excluding hydrogens is 386 g/mol. The van der Waals surface area contributed by atoms with E-state index in [1.54, 1.807) is 36.0 Å². The van der Waals surface area contributed by atoms with Crippen molar-refractivity contribution in [3.05, 3.63) is 51.4 Å². The Morgan fingerprint density at radius 3 is 2.30 bits per heavy atom. The fourth-order valence-corrected chi connectivity index (χ4v) is 3.48. The number of aromatic amines is 1. The quantitative estimate of drug-likeness (QED) is 0.550. The third kappa shape index (κ3) is 4.57. The predicted molar refractivity (Wildman–Crippen MR) is 115 cm³/mol. The number of benzene rings is 1. The fraction of sp³-hybridized carbons (Fsp3) is 0.333. The van der Waals surface area contributed by atoms with Crippen LogP contribution in [0, 0.1) is 13.8 Å². The summed E-state index contributed by atoms with van der Waals surface area (Å²) in [5.41, 5.74) is 3.97. The van der Waals surface area contributed by atoms with Gasteiger partial charge in [-0.15, -0.1) is 0 Å². The van der Waals surface area contributed by atoms with E-state index >= 15 is 0 Å². The van der Waals surface area contributed by atoms with Gasteiger partial charge in [0.1, 0.15) is 12.3 Å². The number of rotatable bonds is 7. The van der Waals surface area contributed by atoms with Crippen molar-refractivity contribution in [1.29, 1.82) is 0 Å². The van der Waals surface area contributed by atoms with Crippen LogP contribution in [0.3, 0.4) is 0 Å². The molecule has 0 bridgehead atoms. The minimum absolute atomic E-state index is 0.0264. The first-order valence-electron chi connectivity index (χ1n) is 9.54. The molecule has 158 valence electrons. The highest BCUT2D eigenvalue weighted by Gasteiger charge is 2.16. The number of anilines is 2. The maximum absolute atomic E-state index is 12.5. The lowest BCUT2D eigenvalue weighted by Crippen LogP contribution is -2.19. The monoisotopic (exact) mass is 411 g/mol. The van der Waals surface area contributed by atoms with Crippen molar-refractivity contribution < 1.29 is 14.3 Å². The van der Waals surface area contributed by atoms with E-state index in [1.807, 2.05) is 13.8 Å². The number of nitrogens with one attached hydrogen (secondary N) is 3. The Hall–Kier alpha value is -3.46. The lowest BCUT2D eigenvalue weighted by molar-refractivity contribution is -0.119. The number of hydrogen-bond donors (Lipinski definition) is 3. The van der Waals surface area contributed by atoms with Gasteiger partial charge in [-0.1, -0.05) is 0 Å². The molecule has 3 rings (SSSR count). The summed E-state index contributed by atoms with van der Waals surface area (Å²) in [7, 11) is 3.23. The van der Waals surface area contributed by atoms with Gasteiger partial charge in [0.2, 0.25) is 11.8 Å². The molecular formula is C21H25N5O4. The van der Waals surface area contributed by atoms with E-state index in [0.717, 1.165) is 16.6 Å². The minimum atomic E-state index is -0.254.